The molecule has 25 heavy (non-hydrogen) atoms. The fraction of sp³-hybridized carbons (Fsp3) is 0.647. The molecule has 8 heteroatoms. The van der Waals surface area contributed by atoms with Crippen LogP contribution in [0.5, 0.6) is 5.75 Å². The number of aromatic nitrogens is 1. The molecule has 0 spiro atoms. The van der Waals surface area contributed by atoms with E-state index in [-0.39, 0.29) is 0 Å². The molecule has 140 valence electrons. The van der Waals surface area contributed by atoms with Crippen molar-refractivity contribution < 1.29 is 19.4 Å². The number of carbonyl (C=O) groups excluding carboxylic acids is 1. The molecule has 0 aromatic carbocycles. The first-order valence-corrected chi connectivity index (χ1v) is 8.34. The highest BCUT2D eigenvalue weighted by Gasteiger charge is 2.36. The zero-order chi connectivity index (χ0) is 18.8. The molecule has 1 aliphatic heterocycles. The number of nitrogens with two attached hydrogens (primary N) is 1. The summed E-state index contributed by atoms with van der Waals surface area (Å²) in [6.45, 7) is 8.58. The topological polar surface area (TPSA) is 101 Å². The largest absolute Gasteiger partial charge is 0.494 e. The Morgan fingerprint density at radius 1 is 1.44 bits per heavy atom. The summed E-state index contributed by atoms with van der Waals surface area (Å²) in [6, 6.07) is 1.26. The summed E-state index contributed by atoms with van der Waals surface area (Å²) in [7, 11) is 1.57. The van der Waals surface area contributed by atoms with E-state index in [9.17, 15) is 9.90 Å². The van der Waals surface area contributed by atoms with Gasteiger partial charge in [-0.3, -0.25) is 4.90 Å². The van der Waals surface area contributed by atoms with Crippen LogP contribution in [-0.2, 0) is 4.74 Å². The number of carbonyl (C=O) groups is 1. The van der Waals surface area contributed by atoms with Crippen LogP contribution in [0, 0.1) is 0 Å². The standard InChI is InChI=1S/C17H28N4O4/c1-11(22)13-10-20(12-9-19-15(18)8-14(12)24-5)6-7-21(13)16(23)25-17(2,3)4/h8-9,11,13,22H,6-7,10H2,1-5H3,(H2,18,19)/t11-,13-/m1/s1. The Balaban J connectivity index is 2.20. The Hall–Kier alpha value is -2.22. The normalized spacial score (nSPS) is 19.5. The maximum atomic E-state index is 12.5. The van der Waals surface area contributed by atoms with Crippen molar-refractivity contribution in [2.24, 2.45) is 0 Å². The van der Waals surface area contributed by atoms with Gasteiger partial charge in [-0.1, -0.05) is 0 Å². The first-order valence-electron chi connectivity index (χ1n) is 8.34. The highest BCUT2D eigenvalue weighted by molar-refractivity contribution is 5.70. The van der Waals surface area contributed by atoms with Gasteiger partial charge in [0.05, 0.1) is 31.1 Å². The molecule has 2 rings (SSSR count). The summed E-state index contributed by atoms with van der Waals surface area (Å²) in [5, 5.41) is 10.2. The minimum Gasteiger partial charge on any atom is -0.494 e. The molecule has 2 atom stereocenters. The van der Waals surface area contributed by atoms with E-state index < -0.39 is 23.8 Å². The zero-order valence-corrected chi connectivity index (χ0v) is 15.5. The molecule has 0 bridgehead atoms. The average Bonchev–Trinajstić information content (AvgIpc) is 2.52. The van der Waals surface area contributed by atoms with E-state index in [4.69, 9.17) is 15.2 Å². The fourth-order valence-electron chi connectivity index (χ4n) is 2.83. The number of anilines is 2. The van der Waals surface area contributed by atoms with E-state index in [1.54, 1.807) is 31.2 Å². The highest BCUT2D eigenvalue weighted by Crippen LogP contribution is 2.31. The summed E-state index contributed by atoms with van der Waals surface area (Å²) in [5.41, 5.74) is 5.91. The van der Waals surface area contributed by atoms with Gasteiger partial charge in [-0.25, -0.2) is 9.78 Å². The molecule has 1 aliphatic rings. The molecule has 8 nitrogen and oxygen atoms in total. The van der Waals surface area contributed by atoms with E-state index in [0.29, 0.717) is 31.2 Å². The van der Waals surface area contributed by atoms with E-state index in [1.165, 1.54) is 0 Å². The number of nitrogen functional groups attached to an aromatic ring is 1. The lowest BCUT2D eigenvalue weighted by molar-refractivity contribution is -0.00560. The van der Waals surface area contributed by atoms with Crippen molar-refractivity contribution in [1.29, 1.82) is 0 Å². The van der Waals surface area contributed by atoms with Gasteiger partial charge in [-0.05, 0) is 27.7 Å². The van der Waals surface area contributed by atoms with Gasteiger partial charge in [0.15, 0.2) is 0 Å². The van der Waals surface area contributed by atoms with Gasteiger partial charge in [-0.2, -0.15) is 0 Å². The summed E-state index contributed by atoms with van der Waals surface area (Å²) in [4.78, 5) is 20.2. The van der Waals surface area contributed by atoms with Gasteiger partial charge < -0.3 is 25.2 Å². The van der Waals surface area contributed by atoms with Crippen LogP contribution in [-0.4, -0.2) is 65.6 Å². The number of rotatable bonds is 3. The monoisotopic (exact) mass is 352 g/mol. The van der Waals surface area contributed by atoms with Gasteiger partial charge >= 0.3 is 6.09 Å². The van der Waals surface area contributed by atoms with Crippen molar-refractivity contribution in [2.75, 3.05) is 37.4 Å². The SMILES string of the molecule is COc1cc(N)ncc1N1CCN(C(=O)OC(C)(C)C)[C@@H]([C@@H](C)O)C1. The number of piperazine rings is 1. The number of hydrogen-bond donors (Lipinski definition) is 2. The lowest BCUT2D eigenvalue weighted by Crippen LogP contribution is -2.59. The zero-order valence-electron chi connectivity index (χ0n) is 15.5. The third kappa shape index (κ3) is 4.66. The molecule has 1 saturated heterocycles. The quantitative estimate of drug-likeness (QED) is 0.849. The summed E-state index contributed by atoms with van der Waals surface area (Å²) < 4.78 is 10.8. The van der Waals surface area contributed by atoms with Crippen molar-refractivity contribution in [2.45, 2.75) is 45.4 Å². The second-order valence-electron chi connectivity index (χ2n) is 7.21. The predicted octanol–water partition coefficient (Wildman–Crippen LogP) is 1.48. The lowest BCUT2D eigenvalue weighted by Gasteiger charge is -2.43. The van der Waals surface area contributed by atoms with E-state index in [0.717, 1.165) is 5.69 Å². The molecule has 3 N–H and O–H groups in total. The smallest absolute Gasteiger partial charge is 0.410 e. The predicted molar refractivity (Wildman–Crippen MR) is 95.8 cm³/mol. The number of aliphatic hydroxyl groups is 1. The molecule has 0 unspecified atom stereocenters. The van der Waals surface area contributed by atoms with E-state index in [1.807, 2.05) is 25.7 Å². The van der Waals surface area contributed by atoms with Crippen LogP contribution in [0.2, 0.25) is 0 Å². The molecular formula is C17H28N4O4. The van der Waals surface area contributed by atoms with Crippen LogP contribution in [0.25, 0.3) is 0 Å². The van der Waals surface area contributed by atoms with Gasteiger partial charge in [0, 0.05) is 25.7 Å². The molecule has 1 fully saturated rings. The first kappa shape index (κ1) is 19.1. The van der Waals surface area contributed by atoms with Gasteiger partial charge in [0.25, 0.3) is 0 Å². The average molecular weight is 352 g/mol. The Labute approximate surface area is 148 Å². The number of hydrogen-bond acceptors (Lipinski definition) is 7. The van der Waals surface area contributed by atoms with Crippen LogP contribution in [0.4, 0.5) is 16.3 Å². The van der Waals surface area contributed by atoms with Crippen LogP contribution in [0.3, 0.4) is 0 Å². The van der Waals surface area contributed by atoms with Crippen LogP contribution in [0.1, 0.15) is 27.7 Å². The van der Waals surface area contributed by atoms with E-state index in [2.05, 4.69) is 4.98 Å². The Morgan fingerprint density at radius 2 is 2.12 bits per heavy atom. The third-order valence-corrected chi connectivity index (χ3v) is 4.03. The van der Waals surface area contributed by atoms with Crippen LogP contribution >= 0.6 is 0 Å². The van der Waals surface area contributed by atoms with Gasteiger partial charge in [0.1, 0.15) is 17.2 Å². The first-order chi connectivity index (χ1) is 11.6. The lowest BCUT2D eigenvalue weighted by atomic mass is 10.1. The van der Waals surface area contributed by atoms with Crippen LogP contribution in [0.15, 0.2) is 12.3 Å². The minimum atomic E-state index is -0.706. The van der Waals surface area contributed by atoms with Gasteiger partial charge in [-0.15, -0.1) is 0 Å². The summed E-state index contributed by atoms with van der Waals surface area (Å²) in [5.74, 6) is 0.989. The number of methoxy groups -OCH3 is 1. The van der Waals surface area contributed by atoms with E-state index >= 15 is 0 Å². The Bertz CT molecular complexity index is 615. The Morgan fingerprint density at radius 3 is 2.68 bits per heavy atom. The molecule has 0 aliphatic carbocycles. The molecule has 1 amide bonds. The van der Waals surface area contributed by atoms with Crippen molar-refractivity contribution in [3.05, 3.63) is 12.3 Å². The number of amides is 1. The number of ether oxygens (including phenoxy) is 2. The Kier molecular flexibility index (Phi) is 5.62. The van der Waals surface area contributed by atoms with Crippen molar-refractivity contribution in [3.63, 3.8) is 0 Å². The third-order valence-electron chi connectivity index (χ3n) is 4.03. The summed E-state index contributed by atoms with van der Waals surface area (Å²) >= 11 is 0. The maximum Gasteiger partial charge on any atom is 0.410 e. The molecule has 0 radical (unpaired) electrons. The molecule has 1 aromatic rings. The van der Waals surface area contributed by atoms with Gasteiger partial charge in [0.2, 0.25) is 0 Å². The van der Waals surface area contributed by atoms with Crippen molar-refractivity contribution in [1.82, 2.24) is 9.88 Å². The highest BCUT2D eigenvalue weighted by atomic mass is 16.6. The molecule has 0 saturated carbocycles. The number of aliphatic hydroxyl groups excluding tert-OH is 1. The van der Waals surface area contributed by atoms with Crippen molar-refractivity contribution in [3.8, 4) is 5.75 Å². The van der Waals surface area contributed by atoms with Crippen molar-refractivity contribution >= 4 is 17.6 Å². The minimum absolute atomic E-state index is 0.375. The second kappa shape index (κ2) is 7.35. The fourth-order valence-corrected chi connectivity index (χ4v) is 2.83. The second-order valence-corrected chi connectivity index (χ2v) is 7.21. The number of nitrogens with zero attached hydrogens (tertiary/aromatic N) is 3. The molecule has 2 heterocycles. The maximum absolute atomic E-state index is 12.5. The molecule has 1 aromatic heterocycles. The number of pyridine rings is 1. The molecular weight excluding hydrogens is 324 g/mol. The van der Waals surface area contributed by atoms with Crippen LogP contribution < -0.4 is 15.4 Å². The summed E-state index contributed by atoms with van der Waals surface area (Å²) in [6.07, 6.45) is 0.527.